The van der Waals surface area contributed by atoms with Gasteiger partial charge in [-0.1, -0.05) is 23.4 Å². The predicted molar refractivity (Wildman–Crippen MR) is 105 cm³/mol. The first kappa shape index (κ1) is 17.8. The number of aromatic nitrogens is 1. The molecule has 142 valence electrons. The van der Waals surface area contributed by atoms with Crippen LogP contribution in [0.4, 0.5) is 11.4 Å². The molecule has 2 amide bonds. The first-order valence-corrected chi connectivity index (χ1v) is 8.88. The molecule has 1 aliphatic rings. The van der Waals surface area contributed by atoms with Gasteiger partial charge in [-0.2, -0.15) is 0 Å². The van der Waals surface area contributed by atoms with Gasteiger partial charge in [0.15, 0.2) is 11.5 Å². The van der Waals surface area contributed by atoms with Crippen LogP contribution in [0, 0.1) is 0 Å². The normalized spacial score (nSPS) is 12.6. The number of methoxy groups -OCH3 is 1. The van der Waals surface area contributed by atoms with Gasteiger partial charge in [0.05, 0.1) is 7.11 Å². The summed E-state index contributed by atoms with van der Waals surface area (Å²) in [6, 6.07) is 14.5. The lowest BCUT2D eigenvalue weighted by atomic mass is 10.1. The quantitative estimate of drug-likeness (QED) is 0.752. The average Bonchev–Trinajstić information content (AvgIpc) is 3.35. The van der Waals surface area contributed by atoms with E-state index in [0.717, 1.165) is 23.2 Å². The van der Waals surface area contributed by atoms with Crippen LogP contribution in [0.1, 0.15) is 23.0 Å². The SMILES string of the molecule is COc1cccc(-c2cc(C(=O)Nc3ccc4c(c3)N(C(C)=O)CC4)no2)c1. The number of hydrogen-bond acceptors (Lipinski definition) is 5. The van der Waals surface area contributed by atoms with Crippen molar-refractivity contribution >= 4 is 23.2 Å². The highest BCUT2D eigenvalue weighted by Crippen LogP contribution is 2.31. The van der Waals surface area contributed by atoms with Gasteiger partial charge in [-0.15, -0.1) is 0 Å². The molecule has 0 radical (unpaired) electrons. The van der Waals surface area contributed by atoms with Crippen molar-refractivity contribution in [1.82, 2.24) is 5.16 Å². The van der Waals surface area contributed by atoms with Gasteiger partial charge in [0.2, 0.25) is 5.91 Å². The predicted octanol–water partition coefficient (Wildman–Crippen LogP) is 3.51. The number of fused-ring (bicyclic) bond motifs is 1. The minimum Gasteiger partial charge on any atom is -0.497 e. The lowest BCUT2D eigenvalue weighted by molar-refractivity contribution is -0.116. The summed E-state index contributed by atoms with van der Waals surface area (Å²) >= 11 is 0. The van der Waals surface area contributed by atoms with E-state index in [1.807, 2.05) is 36.4 Å². The molecular weight excluding hydrogens is 358 g/mol. The minimum atomic E-state index is -0.384. The molecule has 28 heavy (non-hydrogen) atoms. The van der Waals surface area contributed by atoms with Crippen LogP contribution in [0.2, 0.25) is 0 Å². The summed E-state index contributed by atoms with van der Waals surface area (Å²) in [5.41, 5.74) is 3.46. The monoisotopic (exact) mass is 377 g/mol. The van der Waals surface area contributed by atoms with E-state index in [9.17, 15) is 9.59 Å². The van der Waals surface area contributed by atoms with Crippen molar-refractivity contribution in [1.29, 1.82) is 0 Å². The molecule has 1 aromatic heterocycles. The summed E-state index contributed by atoms with van der Waals surface area (Å²) in [5, 5.41) is 6.68. The Morgan fingerprint density at radius 1 is 1.18 bits per heavy atom. The number of carbonyl (C=O) groups is 2. The largest absolute Gasteiger partial charge is 0.497 e. The topological polar surface area (TPSA) is 84.7 Å². The molecule has 2 aromatic carbocycles. The number of rotatable bonds is 4. The van der Waals surface area contributed by atoms with Gasteiger partial charge in [0, 0.05) is 36.5 Å². The van der Waals surface area contributed by atoms with Gasteiger partial charge in [0.1, 0.15) is 5.75 Å². The van der Waals surface area contributed by atoms with E-state index >= 15 is 0 Å². The number of carbonyl (C=O) groups excluding carboxylic acids is 2. The summed E-state index contributed by atoms with van der Waals surface area (Å²) in [6.07, 6.45) is 0.816. The summed E-state index contributed by atoms with van der Waals surface area (Å²) in [5.74, 6) is 0.765. The van der Waals surface area contributed by atoms with Gasteiger partial charge in [-0.05, 0) is 36.2 Å². The smallest absolute Gasteiger partial charge is 0.277 e. The molecule has 0 atom stereocenters. The van der Waals surface area contributed by atoms with Gasteiger partial charge in [0.25, 0.3) is 5.91 Å². The summed E-state index contributed by atoms with van der Waals surface area (Å²) in [4.78, 5) is 26.0. The van der Waals surface area contributed by atoms with Gasteiger partial charge < -0.3 is 19.5 Å². The van der Waals surface area contributed by atoms with Crippen LogP contribution >= 0.6 is 0 Å². The van der Waals surface area contributed by atoms with Crippen LogP contribution in [-0.2, 0) is 11.2 Å². The Hall–Kier alpha value is -3.61. The molecule has 1 aliphatic heterocycles. The minimum absolute atomic E-state index is 0.0124. The van der Waals surface area contributed by atoms with Crippen molar-refractivity contribution in [2.75, 3.05) is 23.9 Å². The summed E-state index contributed by atoms with van der Waals surface area (Å²) < 4.78 is 10.5. The van der Waals surface area contributed by atoms with Crippen LogP contribution in [0.3, 0.4) is 0 Å². The second-order valence-electron chi connectivity index (χ2n) is 6.53. The third-order valence-corrected chi connectivity index (χ3v) is 4.72. The summed E-state index contributed by atoms with van der Waals surface area (Å²) in [6.45, 7) is 2.20. The highest BCUT2D eigenvalue weighted by Gasteiger charge is 2.23. The van der Waals surface area contributed by atoms with E-state index in [-0.39, 0.29) is 17.5 Å². The molecule has 0 saturated carbocycles. The van der Waals surface area contributed by atoms with Gasteiger partial charge >= 0.3 is 0 Å². The third-order valence-electron chi connectivity index (χ3n) is 4.72. The highest BCUT2D eigenvalue weighted by molar-refractivity contribution is 6.04. The van der Waals surface area contributed by atoms with E-state index in [2.05, 4.69) is 10.5 Å². The van der Waals surface area contributed by atoms with Crippen LogP contribution < -0.4 is 15.0 Å². The molecule has 3 aromatic rings. The number of ether oxygens (including phenoxy) is 1. The maximum atomic E-state index is 12.6. The van der Waals surface area contributed by atoms with Crippen molar-refractivity contribution in [3.05, 3.63) is 59.8 Å². The Bertz CT molecular complexity index is 1060. The molecule has 0 spiro atoms. The van der Waals surface area contributed by atoms with Crippen molar-refractivity contribution in [2.24, 2.45) is 0 Å². The molecule has 4 rings (SSSR count). The Kier molecular flexibility index (Phi) is 4.57. The van der Waals surface area contributed by atoms with Crippen LogP contribution in [0.25, 0.3) is 11.3 Å². The fourth-order valence-corrected chi connectivity index (χ4v) is 3.27. The molecule has 7 heteroatoms. The number of nitrogens with one attached hydrogen (secondary N) is 1. The molecule has 0 aliphatic carbocycles. The number of benzene rings is 2. The number of hydrogen-bond donors (Lipinski definition) is 1. The Labute approximate surface area is 161 Å². The van der Waals surface area contributed by atoms with Gasteiger partial charge in [-0.3, -0.25) is 9.59 Å². The third kappa shape index (κ3) is 3.34. The number of nitrogens with zero attached hydrogens (tertiary/aromatic N) is 2. The van der Waals surface area contributed by atoms with E-state index in [4.69, 9.17) is 9.26 Å². The zero-order chi connectivity index (χ0) is 19.7. The first-order valence-electron chi connectivity index (χ1n) is 8.88. The number of anilines is 2. The fraction of sp³-hybridized carbons (Fsp3) is 0.190. The lowest BCUT2D eigenvalue weighted by Gasteiger charge is -2.15. The van der Waals surface area contributed by atoms with Crippen LogP contribution in [-0.4, -0.2) is 30.6 Å². The first-order chi connectivity index (χ1) is 13.5. The molecule has 0 unspecified atom stereocenters. The Balaban J connectivity index is 1.53. The molecule has 0 fully saturated rings. The molecule has 7 nitrogen and oxygen atoms in total. The molecular formula is C21H19N3O4. The van der Waals surface area contributed by atoms with Crippen molar-refractivity contribution in [2.45, 2.75) is 13.3 Å². The Morgan fingerprint density at radius 3 is 2.82 bits per heavy atom. The number of amides is 2. The lowest BCUT2D eigenvalue weighted by Crippen LogP contribution is -2.25. The molecule has 0 bridgehead atoms. The van der Waals surface area contributed by atoms with Crippen molar-refractivity contribution in [3.8, 4) is 17.1 Å². The van der Waals surface area contributed by atoms with Crippen molar-refractivity contribution < 1.29 is 18.8 Å². The Morgan fingerprint density at radius 2 is 2.04 bits per heavy atom. The zero-order valence-corrected chi connectivity index (χ0v) is 15.6. The zero-order valence-electron chi connectivity index (χ0n) is 15.6. The van der Waals surface area contributed by atoms with Crippen LogP contribution in [0.15, 0.2) is 53.1 Å². The van der Waals surface area contributed by atoms with Gasteiger partial charge in [-0.25, -0.2) is 0 Å². The maximum absolute atomic E-state index is 12.6. The molecule has 1 N–H and O–H groups in total. The average molecular weight is 377 g/mol. The van der Waals surface area contributed by atoms with E-state index in [1.54, 1.807) is 24.1 Å². The maximum Gasteiger partial charge on any atom is 0.277 e. The van der Waals surface area contributed by atoms with Crippen molar-refractivity contribution in [3.63, 3.8) is 0 Å². The summed E-state index contributed by atoms with van der Waals surface area (Å²) in [7, 11) is 1.59. The second-order valence-corrected chi connectivity index (χ2v) is 6.53. The highest BCUT2D eigenvalue weighted by atomic mass is 16.5. The molecule has 2 heterocycles. The standard InChI is InChI=1S/C21H19N3O4/c1-13(25)24-9-8-14-6-7-16(11-19(14)24)22-21(26)18-12-20(28-23-18)15-4-3-5-17(10-15)27-2/h3-7,10-12H,8-9H2,1-2H3,(H,22,26). The van der Waals surface area contributed by atoms with E-state index < -0.39 is 0 Å². The van der Waals surface area contributed by atoms with E-state index in [1.165, 1.54) is 6.92 Å². The van der Waals surface area contributed by atoms with Crippen LogP contribution in [0.5, 0.6) is 5.75 Å². The molecule has 0 saturated heterocycles. The second kappa shape index (κ2) is 7.19. The van der Waals surface area contributed by atoms with E-state index in [0.29, 0.717) is 23.7 Å². The fourth-order valence-electron chi connectivity index (χ4n) is 3.27.